The molecule has 2 heteroatoms. The lowest BCUT2D eigenvalue weighted by atomic mass is 9.97. The molecule has 0 atom stereocenters. The highest BCUT2D eigenvalue weighted by molar-refractivity contribution is 7.26. The van der Waals surface area contributed by atoms with Gasteiger partial charge in [0.1, 0.15) is 0 Å². The highest BCUT2D eigenvalue weighted by Crippen LogP contribution is 2.45. The van der Waals surface area contributed by atoms with Crippen molar-refractivity contribution < 1.29 is 0 Å². The van der Waals surface area contributed by atoms with E-state index in [1.807, 2.05) is 22.7 Å². The van der Waals surface area contributed by atoms with Crippen LogP contribution in [0.15, 0.2) is 109 Å². The monoisotopic (exact) mass is 520 g/mol. The molecule has 0 spiro atoms. The zero-order valence-electron chi connectivity index (χ0n) is 21.2. The third-order valence-electron chi connectivity index (χ3n) is 7.77. The molecule has 0 amide bonds. The van der Waals surface area contributed by atoms with Crippen LogP contribution >= 0.6 is 22.7 Å². The summed E-state index contributed by atoms with van der Waals surface area (Å²) in [7, 11) is 0. The Morgan fingerprint density at radius 1 is 0.368 bits per heavy atom. The third kappa shape index (κ3) is 3.34. The van der Waals surface area contributed by atoms with E-state index in [1.54, 1.807) is 0 Å². The topological polar surface area (TPSA) is 0 Å². The average molecular weight is 521 g/mol. The van der Waals surface area contributed by atoms with Gasteiger partial charge in [0.25, 0.3) is 0 Å². The Bertz CT molecular complexity index is 2050. The largest absolute Gasteiger partial charge is 0.135 e. The zero-order chi connectivity index (χ0) is 25.4. The van der Waals surface area contributed by atoms with Crippen LogP contribution in [-0.4, -0.2) is 0 Å². The van der Waals surface area contributed by atoms with Crippen LogP contribution in [0.1, 0.15) is 11.1 Å². The maximum Gasteiger partial charge on any atom is 0.0361 e. The van der Waals surface area contributed by atoms with Crippen molar-refractivity contribution in [2.45, 2.75) is 13.8 Å². The molecule has 180 valence electrons. The second-order valence-corrected chi connectivity index (χ2v) is 12.5. The van der Waals surface area contributed by atoms with E-state index >= 15 is 0 Å². The predicted molar refractivity (Wildman–Crippen MR) is 170 cm³/mol. The lowest BCUT2D eigenvalue weighted by molar-refractivity contribution is 1.47. The Kier molecular flexibility index (Phi) is 4.79. The number of hydrogen-bond acceptors (Lipinski definition) is 2. The number of rotatable bonds is 2. The Morgan fingerprint density at radius 2 is 0.789 bits per heavy atom. The molecule has 2 aromatic heterocycles. The summed E-state index contributed by atoms with van der Waals surface area (Å²) >= 11 is 3.81. The quantitative estimate of drug-likeness (QED) is 0.213. The molecular formula is C36H24S2. The summed E-state index contributed by atoms with van der Waals surface area (Å²) in [5.74, 6) is 0. The van der Waals surface area contributed by atoms with Crippen molar-refractivity contribution in [3.63, 3.8) is 0 Å². The van der Waals surface area contributed by atoms with E-state index in [0.29, 0.717) is 0 Å². The van der Waals surface area contributed by atoms with E-state index in [2.05, 4.69) is 123 Å². The highest BCUT2D eigenvalue weighted by atomic mass is 32.1. The Morgan fingerprint density at radius 3 is 1.24 bits per heavy atom. The fourth-order valence-corrected chi connectivity index (χ4v) is 8.29. The molecule has 8 aromatic rings. The van der Waals surface area contributed by atoms with Crippen molar-refractivity contribution in [2.24, 2.45) is 0 Å². The lowest BCUT2D eigenvalue weighted by Crippen LogP contribution is -1.80. The zero-order valence-corrected chi connectivity index (χ0v) is 22.8. The van der Waals surface area contributed by atoms with E-state index < -0.39 is 0 Å². The fraction of sp³-hybridized carbons (Fsp3) is 0.0556. The summed E-state index contributed by atoms with van der Waals surface area (Å²) in [6, 6.07) is 40.9. The summed E-state index contributed by atoms with van der Waals surface area (Å²) in [6.45, 7) is 4.32. The van der Waals surface area contributed by atoms with Gasteiger partial charge in [-0.2, -0.15) is 0 Å². The SMILES string of the molecule is Cc1cccc(-c2ccc3c(c2)sc2ccc4c(ccc5sc6cc(-c7cccc(C)c7)ccc6c54)c23)c1. The molecule has 0 aliphatic carbocycles. The Labute approximate surface area is 229 Å². The molecule has 2 heterocycles. The second kappa shape index (κ2) is 8.26. The smallest absolute Gasteiger partial charge is 0.0361 e. The molecule has 0 bridgehead atoms. The van der Waals surface area contributed by atoms with E-state index in [-0.39, 0.29) is 0 Å². The summed E-state index contributed by atoms with van der Waals surface area (Å²) in [5, 5.41) is 8.19. The van der Waals surface area contributed by atoms with E-state index in [0.717, 1.165) is 0 Å². The van der Waals surface area contributed by atoms with Crippen molar-refractivity contribution in [3.05, 3.63) is 120 Å². The second-order valence-electron chi connectivity index (χ2n) is 10.3. The van der Waals surface area contributed by atoms with Crippen LogP contribution < -0.4 is 0 Å². The van der Waals surface area contributed by atoms with Gasteiger partial charge in [-0.1, -0.05) is 96.1 Å². The molecule has 0 aliphatic rings. The van der Waals surface area contributed by atoms with Gasteiger partial charge in [0, 0.05) is 40.3 Å². The van der Waals surface area contributed by atoms with Crippen molar-refractivity contribution in [1.82, 2.24) is 0 Å². The summed E-state index contributed by atoms with van der Waals surface area (Å²) < 4.78 is 5.41. The molecule has 0 N–H and O–H groups in total. The number of hydrogen-bond donors (Lipinski definition) is 0. The first-order valence-corrected chi connectivity index (χ1v) is 14.6. The van der Waals surface area contributed by atoms with Crippen molar-refractivity contribution in [3.8, 4) is 22.3 Å². The molecule has 8 rings (SSSR count). The standard InChI is InChI=1S/C36H24S2/c1-21-5-3-7-23(17-21)25-9-11-29-33(19-25)37-31-15-13-28-27(35(29)31)14-16-32-36(28)30-12-10-26(20-34(30)38-32)24-8-4-6-22(2)18-24/h3-20H,1-2H3. The minimum atomic E-state index is 1.28. The maximum atomic E-state index is 2.37. The summed E-state index contributed by atoms with van der Waals surface area (Å²) in [5.41, 5.74) is 7.72. The van der Waals surface area contributed by atoms with Gasteiger partial charge in [0.15, 0.2) is 0 Å². The van der Waals surface area contributed by atoms with Crippen LogP contribution in [0.4, 0.5) is 0 Å². The van der Waals surface area contributed by atoms with Gasteiger partial charge in [-0.25, -0.2) is 0 Å². The lowest BCUT2D eigenvalue weighted by Gasteiger charge is -2.06. The van der Waals surface area contributed by atoms with Crippen LogP contribution in [0, 0.1) is 13.8 Å². The van der Waals surface area contributed by atoms with Crippen molar-refractivity contribution >= 4 is 73.8 Å². The fourth-order valence-electron chi connectivity index (χ4n) is 5.96. The van der Waals surface area contributed by atoms with Crippen LogP contribution in [0.25, 0.3) is 73.4 Å². The summed E-state index contributed by atoms with van der Waals surface area (Å²) in [4.78, 5) is 0. The first kappa shape index (κ1) is 22.0. The molecule has 0 radical (unpaired) electrons. The molecule has 0 aliphatic heterocycles. The number of fused-ring (bicyclic) bond motifs is 9. The summed E-state index contributed by atoms with van der Waals surface area (Å²) in [6.07, 6.45) is 0. The molecule has 38 heavy (non-hydrogen) atoms. The van der Waals surface area contributed by atoms with Gasteiger partial charge in [0.05, 0.1) is 0 Å². The Hall–Kier alpha value is -3.98. The Balaban J connectivity index is 1.35. The molecular weight excluding hydrogens is 497 g/mol. The molecule has 0 saturated carbocycles. The van der Waals surface area contributed by atoms with Crippen LogP contribution in [0.3, 0.4) is 0 Å². The molecule has 0 saturated heterocycles. The predicted octanol–water partition coefficient (Wildman–Crippen LogP) is 11.5. The van der Waals surface area contributed by atoms with Crippen LogP contribution in [0.2, 0.25) is 0 Å². The van der Waals surface area contributed by atoms with Gasteiger partial charge < -0.3 is 0 Å². The van der Waals surface area contributed by atoms with Crippen LogP contribution in [0.5, 0.6) is 0 Å². The van der Waals surface area contributed by atoms with E-state index in [9.17, 15) is 0 Å². The van der Waals surface area contributed by atoms with Crippen LogP contribution in [-0.2, 0) is 0 Å². The molecule has 0 nitrogen and oxygen atoms in total. The molecule has 0 fully saturated rings. The van der Waals surface area contributed by atoms with Crippen molar-refractivity contribution in [1.29, 1.82) is 0 Å². The van der Waals surface area contributed by atoms with Crippen molar-refractivity contribution in [2.75, 3.05) is 0 Å². The first-order chi connectivity index (χ1) is 18.6. The number of aryl methyl sites for hydroxylation is 2. The molecule has 0 unspecified atom stereocenters. The van der Waals surface area contributed by atoms with Gasteiger partial charge in [-0.15, -0.1) is 22.7 Å². The normalized spacial score (nSPS) is 11.9. The van der Waals surface area contributed by atoms with Gasteiger partial charge in [0.2, 0.25) is 0 Å². The first-order valence-electron chi connectivity index (χ1n) is 13.0. The minimum absolute atomic E-state index is 1.28. The van der Waals surface area contributed by atoms with E-state index in [4.69, 9.17) is 0 Å². The number of thiophene rings is 2. The van der Waals surface area contributed by atoms with E-state index in [1.165, 1.54) is 84.5 Å². The van der Waals surface area contributed by atoms with Gasteiger partial charge in [-0.05, 0) is 71.1 Å². The number of benzene rings is 6. The van der Waals surface area contributed by atoms with Gasteiger partial charge in [-0.3, -0.25) is 0 Å². The van der Waals surface area contributed by atoms with Gasteiger partial charge >= 0.3 is 0 Å². The minimum Gasteiger partial charge on any atom is -0.135 e. The maximum absolute atomic E-state index is 2.37. The third-order valence-corrected chi connectivity index (χ3v) is 10.0. The highest BCUT2D eigenvalue weighted by Gasteiger charge is 2.15. The molecule has 6 aromatic carbocycles. The average Bonchev–Trinajstić information content (AvgIpc) is 3.50.